The quantitative estimate of drug-likeness (QED) is 0.339. The number of nitrogen functional groups attached to an aromatic ring is 1. The summed E-state index contributed by atoms with van der Waals surface area (Å²) in [7, 11) is 0. The molecule has 14 heteroatoms. The Hall–Kier alpha value is -4.75. The van der Waals surface area contributed by atoms with Crippen molar-refractivity contribution in [1.29, 1.82) is 0 Å². The Labute approximate surface area is 195 Å². The van der Waals surface area contributed by atoms with Crippen LogP contribution >= 0.6 is 0 Å². The van der Waals surface area contributed by atoms with E-state index in [0.29, 0.717) is 40.5 Å². The molecule has 0 saturated heterocycles. The van der Waals surface area contributed by atoms with E-state index in [9.17, 15) is 22.8 Å². The molecule has 4 aromatic rings. The molecule has 0 atom stereocenters. The molecule has 4 rings (SSSR count). The molecule has 0 aliphatic carbocycles. The van der Waals surface area contributed by atoms with E-state index in [-0.39, 0.29) is 11.7 Å². The minimum absolute atomic E-state index is 0.174. The van der Waals surface area contributed by atoms with Gasteiger partial charge in [-0.05, 0) is 30.7 Å². The molecule has 3 amide bonds. The van der Waals surface area contributed by atoms with Gasteiger partial charge in [0.2, 0.25) is 5.95 Å². The summed E-state index contributed by atoms with van der Waals surface area (Å²) >= 11 is 0. The number of hydrogen-bond acceptors (Lipinski definition) is 7. The predicted octanol–water partition coefficient (Wildman–Crippen LogP) is 3.18. The van der Waals surface area contributed by atoms with Gasteiger partial charge in [-0.3, -0.25) is 10.1 Å². The van der Waals surface area contributed by atoms with Gasteiger partial charge in [-0.25, -0.2) is 24.3 Å². The predicted molar refractivity (Wildman–Crippen MR) is 121 cm³/mol. The average molecular weight is 485 g/mol. The zero-order valence-corrected chi connectivity index (χ0v) is 18.1. The van der Waals surface area contributed by atoms with Gasteiger partial charge in [0.1, 0.15) is 17.5 Å². The summed E-state index contributed by atoms with van der Waals surface area (Å²) in [6.07, 6.45) is -0.962. The first-order valence-electron chi connectivity index (χ1n) is 10.2. The third-order valence-corrected chi connectivity index (χ3v) is 4.79. The summed E-state index contributed by atoms with van der Waals surface area (Å²) in [5, 5.41) is 11.5. The fourth-order valence-electron chi connectivity index (χ4n) is 3.32. The molecule has 3 aromatic heterocycles. The highest BCUT2D eigenvalue weighted by molar-refractivity contribution is 6.07. The summed E-state index contributed by atoms with van der Waals surface area (Å²) < 4.78 is 39.8. The second kappa shape index (κ2) is 9.24. The molecule has 0 fully saturated rings. The molecular formula is C21H18F3N9O2. The van der Waals surface area contributed by atoms with Gasteiger partial charge in [-0.15, -0.1) is 0 Å². The first kappa shape index (κ1) is 23.4. The van der Waals surface area contributed by atoms with Crippen LogP contribution in [-0.2, 0) is 6.18 Å². The number of halogens is 3. The van der Waals surface area contributed by atoms with Crippen LogP contribution in [0.25, 0.3) is 16.6 Å². The van der Waals surface area contributed by atoms with E-state index in [0.717, 1.165) is 6.20 Å². The van der Waals surface area contributed by atoms with Gasteiger partial charge in [-0.2, -0.15) is 18.3 Å². The molecule has 3 heterocycles. The number of rotatable bonds is 5. The molecule has 0 spiro atoms. The number of nitrogens with one attached hydrogen (secondary N) is 3. The summed E-state index contributed by atoms with van der Waals surface area (Å²) in [5.41, 5.74) is 7.05. The van der Waals surface area contributed by atoms with Crippen molar-refractivity contribution >= 4 is 34.9 Å². The van der Waals surface area contributed by atoms with Crippen molar-refractivity contribution in [3.8, 4) is 11.1 Å². The van der Waals surface area contributed by atoms with Crippen LogP contribution in [0.4, 0.5) is 35.4 Å². The van der Waals surface area contributed by atoms with Crippen LogP contribution in [-0.4, -0.2) is 43.0 Å². The van der Waals surface area contributed by atoms with E-state index in [1.165, 1.54) is 10.8 Å². The topological polar surface area (TPSA) is 152 Å². The number of benzene rings is 1. The molecule has 180 valence electrons. The lowest BCUT2D eigenvalue weighted by Crippen LogP contribution is -2.22. The number of amides is 3. The average Bonchev–Trinajstić information content (AvgIpc) is 3.20. The third-order valence-electron chi connectivity index (χ3n) is 4.79. The minimum Gasteiger partial charge on any atom is -0.382 e. The monoisotopic (exact) mass is 485 g/mol. The Morgan fingerprint density at radius 2 is 1.83 bits per heavy atom. The van der Waals surface area contributed by atoms with Gasteiger partial charge < -0.3 is 16.4 Å². The zero-order chi connectivity index (χ0) is 25.2. The smallest absolute Gasteiger partial charge is 0.382 e. The second-order valence-corrected chi connectivity index (χ2v) is 7.14. The van der Waals surface area contributed by atoms with Gasteiger partial charge in [0.25, 0.3) is 5.91 Å². The molecule has 5 N–H and O–H groups in total. The van der Waals surface area contributed by atoms with Crippen molar-refractivity contribution in [3.63, 3.8) is 0 Å². The molecule has 0 aliphatic heterocycles. The third kappa shape index (κ3) is 4.95. The van der Waals surface area contributed by atoms with Crippen molar-refractivity contribution in [3.05, 3.63) is 60.3 Å². The molecule has 11 nitrogen and oxygen atoms in total. The number of carbonyl (C=O) groups excluding carboxylic acids is 2. The van der Waals surface area contributed by atoms with E-state index >= 15 is 0 Å². The molecule has 0 saturated carbocycles. The van der Waals surface area contributed by atoms with Crippen molar-refractivity contribution in [2.75, 3.05) is 22.9 Å². The second-order valence-electron chi connectivity index (χ2n) is 7.14. The fraction of sp³-hybridized carbons (Fsp3) is 0.143. The van der Waals surface area contributed by atoms with Crippen LogP contribution in [0.2, 0.25) is 0 Å². The first-order chi connectivity index (χ1) is 16.7. The van der Waals surface area contributed by atoms with E-state index < -0.39 is 23.8 Å². The van der Waals surface area contributed by atoms with E-state index in [2.05, 4.69) is 36.0 Å². The van der Waals surface area contributed by atoms with Crippen LogP contribution < -0.4 is 21.7 Å². The van der Waals surface area contributed by atoms with Crippen LogP contribution in [0.3, 0.4) is 0 Å². The number of anilines is 3. The van der Waals surface area contributed by atoms with Gasteiger partial charge in [0, 0.05) is 30.2 Å². The number of nitrogens with two attached hydrogens (primary N) is 1. The lowest BCUT2D eigenvalue weighted by atomic mass is 10.0. The van der Waals surface area contributed by atoms with Gasteiger partial charge >= 0.3 is 12.2 Å². The van der Waals surface area contributed by atoms with Crippen LogP contribution in [0.5, 0.6) is 0 Å². The molecule has 35 heavy (non-hydrogen) atoms. The fourth-order valence-corrected chi connectivity index (χ4v) is 3.32. The summed E-state index contributed by atoms with van der Waals surface area (Å²) in [5.74, 6) is -0.653. The number of nitrogens with zero attached hydrogens (tertiary/aromatic N) is 5. The van der Waals surface area contributed by atoms with Crippen LogP contribution in [0.1, 0.15) is 23.0 Å². The number of urea groups is 1. The highest BCUT2D eigenvalue weighted by atomic mass is 19.4. The Morgan fingerprint density at radius 3 is 2.51 bits per heavy atom. The molecule has 1 aromatic carbocycles. The maximum Gasteiger partial charge on any atom is 0.433 e. The summed E-state index contributed by atoms with van der Waals surface area (Å²) in [4.78, 5) is 35.7. The molecule has 0 aliphatic rings. The molecule has 0 radical (unpaired) electrons. The number of alkyl halides is 3. The van der Waals surface area contributed by atoms with Crippen molar-refractivity contribution in [1.82, 2.24) is 29.9 Å². The summed E-state index contributed by atoms with van der Waals surface area (Å²) in [6, 6.07) is 6.23. The van der Waals surface area contributed by atoms with Crippen LogP contribution in [0, 0.1) is 0 Å². The van der Waals surface area contributed by atoms with Crippen LogP contribution in [0.15, 0.2) is 49.1 Å². The number of fused-ring (bicyclic) bond motifs is 1. The largest absolute Gasteiger partial charge is 0.433 e. The Balaban J connectivity index is 1.57. The van der Waals surface area contributed by atoms with Crippen molar-refractivity contribution < 1.29 is 22.8 Å². The standard InChI is InChI=1S/C21H18F3N9O2/c1-2-26-18(34)13-9-33-16(17(25)28-10-29-33)15(13)11-3-5-12(6-4-11)30-20(35)32-19-27-8-7-14(31-19)21(22,23)24/h3-10H,2H2,1H3,(H,26,34)(H2,25,28,29)(H2,27,30,31,32,35). The van der Waals surface area contributed by atoms with Gasteiger partial charge in [0.05, 0.1) is 5.56 Å². The normalized spacial score (nSPS) is 11.3. The van der Waals surface area contributed by atoms with Crippen molar-refractivity contribution in [2.45, 2.75) is 13.1 Å². The summed E-state index contributed by atoms with van der Waals surface area (Å²) in [6.45, 7) is 2.21. The van der Waals surface area contributed by atoms with Crippen molar-refractivity contribution in [2.24, 2.45) is 0 Å². The molecular weight excluding hydrogens is 467 g/mol. The Morgan fingerprint density at radius 1 is 1.09 bits per heavy atom. The highest BCUT2D eigenvalue weighted by Gasteiger charge is 2.33. The maximum absolute atomic E-state index is 12.8. The number of hydrogen-bond donors (Lipinski definition) is 4. The number of aromatic nitrogens is 5. The maximum atomic E-state index is 12.8. The van der Waals surface area contributed by atoms with E-state index in [4.69, 9.17) is 5.73 Å². The number of carbonyl (C=O) groups is 2. The Kier molecular flexibility index (Phi) is 6.18. The van der Waals surface area contributed by atoms with E-state index in [1.807, 2.05) is 0 Å². The van der Waals surface area contributed by atoms with Gasteiger partial charge in [0.15, 0.2) is 5.82 Å². The minimum atomic E-state index is -4.67. The zero-order valence-electron chi connectivity index (χ0n) is 18.1. The van der Waals surface area contributed by atoms with E-state index in [1.54, 1.807) is 37.4 Å². The first-order valence-corrected chi connectivity index (χ1v) is 10.2. The SMILES string of the molecule is CCNC(=O)c1cn2ncnc(N)c2c1-c1ccc(NC(=O)Nc2nccc(C(F)(F)F)n2)cc1. The van der Waals surface area contributed by atoms with Gasteiger partial charge in [-0.1, -0.05) is 12.1 Å². The highest BCUT2D eigenvalue weighted by Crippen LogP contribution is 2.33. The Bertz CT molecular complexity index is 1400. The lowest BCUT2D eigenvalue weighted by Gasteiger charge is -2.10. The lowest BCUT2D eigenvalue weighted by molar-refractivity contribution is -0.141. The molecule has 0 bridgehead atoms. The molecule has 0 unspecified atom stereocenters.